The summed E-state index contributed by atoms with van der Waals surface area (Å²) in [6, 6.07) is 9.02. The molecule has 1 saturated heterocycles. The second kappa shape index (κ2) is 6.62. The Labute approximate surface area is 117 Å². The maximum Gasteiger partial charge on any atom is 0.184 e. The standard InChI is InChI=1S/C14H20O6/c1-8(16)12-11(18)13(10(17)7-15)20-14(19-12)9-5-3-2-4-6-9/h2-6,8,10-18H,7H2,1H3/t8-,10+,11+,12-,13+,14?/m0/s1. The first-order chi connectivity index (χ1) is 9.54. The van der Waals surface area contributed by atoms with Crippen molar-refractivity contribution in [1.29, 1.82) is 0 Å². The van der Waals surface area contributed by atoms with Crippen molar-refractivity contribution in [2.75, 3.05) is 6.61 Å². The first kappa shape index (κ1) is 15.4. The SMILES string of the molecule is C[C@H](O)[C@@H]1OC(c2ccccc2)O[C@H]([C@H](O)CO)[C@@H]1O. The van der Waals surface area contributed by atoms with Crippen molar-refractivity contribution >= 4 is 0 Å². The average Bonchev–Trinajstić information content (AvgIpc) is 2.47. The second-order valence-corrected chi connectivity index (χ2v) is 4.93. The van der Waals surface area contributed by atoms with Crippen LogP contribution in [-0.2, 0) is 9.47 Å². The molecule has 0 radical (unpaired) electrons. The van der Waals surface area contributed by atoms with Crippen LogP contribution in [0.3, 0.4) is 0 Å². The van der Waals surface area contributed by atoms with E-state index in [1.807, 2.05) is 18.2 Å². The van der Waals surface area contributed by atoms with Gasteiger partial charge in [-0.1, -0.05) is 30.3 Å². The number of aliphatic hydroxyl groups excluding tert-OH is 4. The van der Waals surface area contributed by atoms with Crippen LogP contribution < -0.4 is 0 Å². The Morgan fingerprint density at radius 1 is 1.10 bits per heavy atom. The zero-order chi connectivity index (χ0) is 14.7. The zero-order valence-electron chi connectivity index (χ0n) is 11.2. The highest BCUT2D eigenvalue weighted by Gasteiger charge is 2.44. The van der Waals surface area contributed by atoms with Crippen molar-refractivity contribution in [1.82, 2.24) is 0 Å². The van der Waals surface area contributed by atoms with Crippen molar-refractivity contribution in [2.24, 2.45) is 0 Å². The normalized spacial score (nSPS) is 33.6. The van der Waals surface area contributed by atoms with Gasteiger partial charge in [0.2, 0.25) is 0 Å². The predicted molar refractivity (Wildman–Crippen MR) is 69.7 cm³/mol. The lowest BCUT2D eigenvalue weighted by atomic mass is 9.98. The molecule has 6 nitrogen and oxygen atoms in total. The highest BCUT2D eigenvalue weighted by Crippen LogP contribution is 2.32. The van der Waals surface area contributed by atoms with Crippen LogP contribution in [0, 0.1) is 0 Å². The first-order valence-electron chi connectivity index (χ1n) is 6.55. The van der Waals surface area contributed by atoms with Gasteiger partial charge in [0.1, 0.15) is 24.4 Å². The third-order valence-corrected chi connectivity index (χ3v) is 3.35. The second-order valence-electron chi connectivity index (χ2n) is 4.93. The topological polar surface area (TPSA) is 99.4 Å². The Hall–Kier alpha value is -1.02. The van der Waals surface area contributed by atoms with E-state index in [4.69, 9.17) is 14.6 Å². The fourth-order valence-corrected chi connectivity index (χ4v) is 2.25. The minimum absolute atomic E-state index is 0.546. The average molecular weight is 284 g/mol. The maximum absolute atomic E-state index is 10.1. The van der Waals surface area contributed by atoms with E-state index in [1.165, 1.54) is 6.92 Å². The van der Waals surface area contributed by atoms with Crippen LogP contribution in [0.2, 0.25) is 0 Å². The van der Waals surface area contributed by atoms with Crippen LogP contribution in [-0.4, -0.2) is 57.6 Å². The highest BCUT2D eigenvalue weighted by molar-refractivity contribution is 5.16. The molecule has 0 amide bonds. The number of hydrogen-bond acceptors (Lipinski definition) is 6. The molecule has 1 heterocycles. The first-order valence-corrected chi connectivity index (χ1v) is 6.55. The van der Waals surface area contributed by atoms with E-state index in [2.05, 4.69) is 0 Å². The lowest BCUT2D eigenvalue weighted by Gasteiger charge is -2.42. The fraction of sp³-hybridized carbons (Fsp3) is 0.571. The van der Waals surface area contributed by atoms with Gasteiger partial charge in [-0.25, -0.2) is 0 Å². The van der Waals surface area contributed by atoms with Crippen molar-refractivity contribution in [3.05, 3.63) is 35.9 Å². The Bertz CT molecular complexity index is 409. The van der Waals surface area contributed by atoms with Gasteiger partial charge in [-0.05, 0) is 6.92 Å². The van der Waals surface area contributed by atoms with Gasteiger partial charge in [-0.15, -0.1) is 0 Å². The summed E-state index contributed by atoms with van der Waals surface area (Å²) >= 11 is 0. The smallest absolute Gasteiger partial charge is 0.184 e. The summed E-state index contributed by atoms with van der Waals surface area (Å²) in [5, 5.41) is 38.6. The zero-order valence-corrected chi connectivity index (χ0v) is 11.2. The van der Waals surface area contributed by atoms with Gasteiger partial charge < -0.3 is 29.9 Å². The molecule has 0 aromatic heterocycles. The van der Waals surface area contributed by atoms with Gasteiger partial charge in [0.05, 0.1) is 12.7 Å². The van der Waals surface area contributed by atoms with Crippen LogP contribution in [0.4, 0.5) is 0 Å². The van der Waals surface area contributed by atoms with E-state index in [9.17, 15) is 15.3 Å². The molecule has 2 rings (SSSR count). The summed E-state index contributed by atoms with van der Waals surface area (Å²) in [5.74, 6) is 0. The van der Waals surface area contributed by atoms with Crippen LogP contribution >= 0.6 is 0 Å². The minimum Gasteiger partial charge on any atom is -0.394 e. The van der Waals surface area contributed by atoms with E-state index in [0.717, 1.165) is 0 Å². The van der Waals surface area contributed by atoms with Crippen molar-refractivity contribution in [2.45, 2.75) is 43.7 Å². The van der Waals surface area contributed by atoms with Gasteiger partial charge in [0, 0.05) is 5.56 Å². The fourth-order valence-electron chi connectivity index (χ4n) is 2.25. The largest absolute Gasteiger partial charge is 0.394 e. The molecule has 0 spiro atoms. The summed E-state index contributed by atoms with van der Waals surface area (Å²) in [6.07, 6.45) is -6.16. The Balaban J connectivity index is 2.23. The third kappa shape index (κ3) is 3.17. The summed E-state index contributed by atoms with van der Waals surface area (Å²) in [6.45, 7) is 0.944. The van der Waals surface area contributed by atoms with E-state index in [-0.39, 0.29) is 0 Å². The van der Waals surface area contributed by atoms with E-state index < -0.39 is 43.4 Å². The van der Waals surface area contributed by atoms with E-state index in [0.29, 0.717) is 5.56 Å². The molecule has 4 N–H and O–H groups in total. The maximum atomic E-state index is 10.1. The molecule has 0 saturated carbocycles. The quantitative estimate of drug-likeness (QED) is 0.598. The molecule has 1 fully saturated rings. The molecule has 1 aromatic carbocycles. The lowest BCUT2D eigenvalue weighted by molar-refractivity contribution is -0.318. The van der Waals surface area contributed by atoms with Crippen molar-refractivity contribution < 1.29 is 29.9 Å². The molecule has 6 atom stereocenters. The molecule has 1 unspecified atom stereocenters. The van der Waals surface area contributed by atoms with Crippen LogP contribution in [0.15, 0.2) is 30.3 Å². The monoisotopic (exact) mass is 284 g/mol. The van der Waals surface area contributed by atoms with Crippen molar-refractivity contribution in [3.8, 4) is 0 Å². The van der Waals surface area contributed by atoms with Crippen LogP contribution in [0.25, 0.3) is 0 Å². The molecular weight excluding hydrogens is 264 g/mol. The molecule has 1 aromatic rings. The molecule has 6 heteroatoms. The van der Waals surface area contributed by atoms with Gasteiger partial charge in [-0.2, -0.15) is 0 Å². The van der Waals surface area contributed by atoms with Gasteiger partial charge >= 0.3 is 0 Å². The number of benzene rings is 1. The van der Waals surface area contributed by atoms with Crippen LogP contribution in [0.5, 0.6) is 0 Å². The Morgan fingerprint density at radius 3 is 2.25 bits per heavy atom. The molecule has 0 aliphatic carbocycles. The third-order valence-electron chi connectivity index (χ3n) is 3.35. The highest BCUT2D eigenvalue weighted by atomic mass is 16.7. The Kier molecular flexibility index (Phi) is 5.09. The molecule has 1 aliphatic rings. The van der Waals surface area contributed by atoms with Gasteiger partial charge in [0.25, 0.3) is 0 Å². The summed E-state index contributed by atoms with van der Waals surface area (Å²) in [4.78, 5) is 0. The summed E-state index contributed by atoms with van der Waals surface area (Å²) in [5.41, 5.74) is 0.709. The molecule has 1 aliphatic heterocycles. The predicted octanol–water partition coefficient (Wildman–Crippen LogP) is -0.436. The Morgan fingerprint density at radius 2 is 1.70 bits per heavy atom. The van der Waals surface area contributed by atoms with Crippen LogP contribution in [0.1, 0.15) is 18.8 Å². The molecular formula is C14H20O6. The van der Waals surface area contributed by atoms with Gasteiger partial charge in [-0.3, -0.25) is 0 Å². The summed E-state index contributed by atoms with van der Waals surface area (Å²) < 4.78 is 11.1. The number of aliphatic hydroxyl groups is 4. The van der Waals surface area contributed by atoms with E-state index >= 15 is 0 Å². The molecule has 20 heavy (non-hydrogen) atoms. The van der Waals surface area contributed by atoms with Crippen molar-refractivity contribution in [3.63, 3.8) is 0 Å². The number of ether oxygens (including phenoxy) is 2. The molecule has 0 bridgehead atoms. The number of rotatable bonds is 4. The van der Waals surface area contributed by atoms with Gasteiger partial charge in [0.15, 0.2) is 6.29 Å². The number of hydrogen-bond donors (Lipinski definition) is 4. The lowest BCUT2D eigenvalue weighted by Crippen LogP contribution is -2.56. The molecule has 112 valence electrons. The van der Waals surface area contributed by atoms with E-state index in [1.54, 1.807) is 12.1 Å². The minimum atomic E-state index is -1.25. The summed E-state index contributed by atoms with van der Waals surface area (Å²) in [7, 11) is 0.